The van der Waals surface area contributed by atoms with Crippen LogP contribution in [-0.2, 0) is 22.5 Å². The average Bonchev–Trinajstić information content (AvgIpc) is 2.79. The normalized spacial score (nSPS) is 13.7. The summed E-state index contributed by atoms with van der Waals surface area (Å²) in [5.74, 6) is 0.173. The standard InChI is InChI=1S/C24H29NO4S/c1-2-3-13-28-22-10-9-20(17-23(30)25-11-14-27-15-12-25)16-21(22)24(26)29-18-19-7-5-4-6-8-19/h4-10,16H,2-3,11-15,17-18H2,1H3. The lowest BCUT2D eigenvalue weighted by molar-refractivity contribution is 0.0468. The Balaban J connectivity index is 1.71. The number of nitrogens with zero attached hydrogens (tertiary/aromatic N) is 1. The molecule has 1 saturated heterocycles. The van der Waals surface area contributed by atoms with Gasteiger partial charge >= 0.3 is 5.97 Å². The topological polar surface area (TPSA) is 48.0 Å². The van der Waals surface area contributed by atoms with Crippen LogP contribution in [0, 0.1) is 0 Å². The van der Waals surface area contributed by atoms with E-state index in [2.05, 4.69) is 11.8 Å². The quantitative estimate of drug-likeness (QED) is 0.335. The molecule has 0 radical (unpaired) electrons. The summed E-state index contributed by atoms with van der Waals surface area (Å²) in [7, 11) is 0. The highest BCUT2D eigenvalue weighted by molar-refractivity contribution is 7.80. The zero-order valence-electron chi connectivity index (χ0n) is 17.5. The van der Waals surface area contributed by atoms with Crippen molar-refractivity contribution in [2.75, 3.05) is 32.9 Å². The van der Waals surface area contributed by atoms with Crippen molar-refractivity contribution >= 4 is 23.2 Å². The van der Waals surface area contributed by atoms with Crippen molar-refractivity contribution in [2.45, 2.75) is 32.8 Å². The molecule has 0 spiro atoms. The van der Waals surface area contributed by atoms with Crippen molar-refractivity contribution in [3.8, 4) is 5.75 Å². The molecule has 160 valence electrons. The zero-order valence-corrected chi connectivity index (χ0v) is 18.3. The number of ether oxygens (including phenoxy) is 3. The zero-order chi connectivity index (χ0) is 21.2. The van der Waals surface area contributed by atoms with Crippen LogP contribution in [0.2, 0.25) is 0 Å². The van der Waals surface area contributed by atoms with E-state index < -0.39 is 0 Å². The molecule has 1 fully saturated rings. The van der Waals surface area contributed by atoms with Crippen LogP contribution in [0.3, 0.4) is 0 Å². The average molecular weight is 428 g/mol. The summed E-state index contributed by atoms with van der Waals surface area (Å²) in [6.45, 7) is 5.91. The summed E-state index contributed by atoms with van der Waals surface area (Å²) in [6.07, 6.45) is 2.56. The van der Waals surface area contributed by atoms with Gasteiger partial charge in [0.2, 0.25) is 0 Å². The minimum absolute atomic E-state index is 0.227. The first kappa shape index (κ1) is 22.2. The molecule has 1 aliphatic rings. The van der Waals surface area contributed by atoms with Gasteiger partial charge < -0.3 is 19.1 Å². The number of esters is 1. The molecule has 0 saturated carbocycles. The van der Waals surface area contributed by atoms with E-state index in [1.807, 2.05) is 48.5 Å². The van der Waals surface area contributed by atoms with E-state index in [1.165, 1.54) is 0 Å². The van der Waals surface area contributed by atoms with E-state index in [1.54, 1.807) is 0 Å². The number of rotatable bonds is 9. The van der Waals surface area contributed by atoms with Crippen molar-refractivity contribution < 1.29 is 19.0 Å². The van der Waals surface area contributed by atoms with Crippen LogP contribution in [-0.4, -0.2) is 48.8 Å². The first-order valence-electron chi connectivity index (χ1n) is 10.5. The number of benzene rings is 2. The highest BCUT2D eigenvalue weighted by Gasteiger charge is 2.18. The predicted octanol–water partition coefficient (Wildman–Crippen LogP) is 4.42. The van der Waals surface area contributed by atoms with Crippen LogP contribution in [0.1, 0.15) is 41.3 Å². The van der Waals surface area contributed by atoms with Crippen molar-refractivity contribution in [3.63, 3.8) is 0 Å². The highest BCUT2D eigenvalue weighted by Crippen LogP contribution is 2.23. The van der Waals surface area contributed by atoms with Gasteiger partial charge in [0.05, 0.1) is 24.8 Å². The van der Waals surface area contributed by atoms with Crippen LogP contribution in [0.25, 0.3) is 0 Å². The molecule has 2 aromatic carbocycles. The van der Waals surface area contributed by atoms with Gasteiger partial charge in [0.25, 0.3) is 0 Å². The van der Waals surface area contributed by atoms with Gasteiger partial charge in [-0.15, -0.1) is 0 Å². The number of carbonyl (C=O) groups excluding carboxylic acids is 1. The van der Waals surface area contributed by atoms with E-state index in [9.17, 15) is 4.79 Å². The molecule has 30 heavy (non-hydrogen) atoms. The van der Waals surface area contributed by atoms with Crippen LogP contribution in [0.4, 0.5) is 0 Å². The highest BCUT2D eigenvalue weighted by atomic mass is 32.1. The van der Waals surface area contributed by atoms with Gasteiger partial charge in [0.15, 0.2) is 0 Å². The molecule has 3 rings (SSSR count). The summed E-state index contributed by atoms with van der Waals surface area (Å²) >= 11 is 5.62. The predicted molar refractivity (Wildman–Crippen MR) is 121 cm³/mol. The maximum atomic E-state index is 12.8. The van der Waals surface area contributed by atoms with E-state index in [0.29, 0.717) is 37.6 Å². The second-order valence-electron chi connectivity index (χ2n) is 7.26. The van der Waals surface area contributed by atoms with Crippen LogP contribution in [0.15, 0.2) is 48.5 Å². The number of hydrogen-bond donors (Lipinski definition) is 0. The van der Waals surface area contributed by atoms with Crippen molar-refractivity contribution in [3.05, 3.63) is 65.2 Å². The van der Waals surface area contributed by atoms with E-state index >= 15 is 0 Å². The molecular weight excluding hydrogens is 398 g/mol. The van der Waals surface area contributed by atoms with E-state index in [-0.39, 0.29) is 12.6 Å². The fourth-order valence-corrected chi connectivity index (χ4v) is 3.55. The van der Waals surface area contributed by atoms with Crippen molar-refractivity contribution in [2.24, 2.45) is 0 Å². The maximum Gasteiger partial charge on any atom is 0.342 e. The van der Waals surface area contributed by atoms with Gasteiger partial charge in [0.1, 0.15) is 17.9 Å². The maximum absolute atomic E-state index is 12.8. The third-order valence-corrected chi connectivity index (χ3v) is 5.35. The second kappa shape index (κ2) is 11.7. The Labute approximate surface area is 183 Å². The van der Waals surface area contributed by atoms with Gasteiger partial charge in [0, 0.05) is 19.5 Å². The summed E-state index contributed by atoms with van der Waals surface area (Å²) in [4.78, 5) is 15.9. The summed E-state index contributed by atoms with van der Waals surface area (Å²) in [6, 6.07) is 15.3. The molecule has 6 heteroatoms. The minimum Gasteiger partial charge on any atom is -0.493 e. The Morgan fingerprint density at radius 2 is 1.87 bits per heavy atom. The van der Waals surface area contributed by atoms with E-state index in [4.69, 9.17) is 26.4 Å². The molecule has 1 heterocycles. The van der Waals surface area contributed by atoms with Crippen molar-refractivity contribution in [1.82, 2.24) is 4.90 Å². The number of unbranched alkanes of at least 4 members (excludes halogenated alkanes) is 1. The van der Waals surface area contributed by atoms with Gasteiger partial charge in [-0.1, -0.05) is 62.0 Å². The van der Waals surface area contributed by atoms with Gasteiger partial charge in [-0.25, -0.2) is 4.79 Å². The third kappa shape index (κ3) is 6.54. The molecule has 2 aromatic rings. The molecule has 0 N–H and O–H groups in total. The Morgan fingerprint density at radius 3 is 2.60 bits per heavy atom. The lowest BCUT2D eigenvalue weighted by atomic mass is 10.1. The monoisotopic (exact) mass is 427 g/mol. The van der Waals surface area contributed by atoms with Crippen LogP contribution < -0.4 is 4.74 Å². The molecule has 0 unspecified atom stereocenters. The Morgan fingerprint density at radius 1 is 1.10 bits per heavy atom. The van der Waals surface area contributed by atoms with Crippen molar-refractivity contribution in [1.29, 1.82) is 0 Å². The minimum atomic E-state index is -0.385. The summed E-state index contributed by atoms with van der Waals surface area (Å²) < 4.78 is 16.8. The number of thiocarbonyl (C=S) groups is 1. The largest absolute Gasteiger partial charge is 0.493 e. The second-order valence-corrected chi connectivity index (χ2v) is 7.74. The SMILES string of the molecule is CCCCOc1ccc(CC(=S)N2CCOCC2)cc1C(=O)OCc1ccccc1. The smallest absolute Gasteiger partial charge is 0.342 e. The molecule has 0 aromatic heterocycles. The van der Waals surface area contributed by atoms with E-state index in [0.717, 1.165) is 42.0 Å². The molecule has 1 aliphatic heterocycles. The van der Waals surface area contributed by atoms with Gasteiger partial charge in [-0.3, -0.25) is 0 Å². The number of morpholine rings is 1. The van der Waals surface area contributed by atoms with Crippen LogP contribution in [0.5, 0.6) is 5.75 Å². The first-order valence-corrected chi connectivity index (χ1v) is 10.9. The molecule has 0 atom stereocenters. The number of carbonyl (C=O) groups is 1. The Bertz CT molecular complexity index is 834. The lowest BCUT2D eigenvalue weighted by Crippen LogP contribution is -2.40. The summed E-state index contributed by atoms with van der Waals surface area (Å²) in [5, 5.41) is 0. The molecule has 0 amide bonds. The fourth-order valence-electron chi connectivity index (χ4n) is 3.20. The lowest BCUT2D eigenvalue weighted by Gasteiger charge is -2.29. The van der Waals surface area contributed by atoms with Gasteiger partial charge in [-0.2, -0.15) is 0 Å². The Kier molecular flexibility index (Phi) is 8.66. The molecule has 0 bridgehead atoms. The molecule has 5 nitrogen and oxygen atoms in total. The first-order chi connectivity index (χ1) is 14.7. The fraction of sp³-hybridized carbons (Fsp3) is 0.417. The van der Waals surface area contributed by atoms with Gasteiger partial charge in [-0.05, 0) is 29.7 Å². The third-order valence-electron chi connectivity index (χ3n) is 4.95. The summed E-state index contributed by atoms with van der Waals surface area (Å²) in [5.41, 5.74) is 2.37. The number of hydrogen-bond acceptors (Lipinski definition) is 5. The molecular formula is C24H29NO4S. The van der Waals surface area contributed by atoms with Crippen LogP contribution >= 0.6 is 12.2 Å². The Hall–Kier alpha value is -2.44. The molecule has 0 aliphatic carbocycles.